The number of hydrogen-bond donors (Lipinski definition) is 0. The van der Waals surface area contributed by atoms with Crippen LogP contribution >= 0.6 is 23.2 Å². The minimum Gasteiger partial charge on any atom is -0.0843 e. The molecule has 0 fully saturated rings. The van der Waals surface area contributed by atoms with Crippen molar-refractivity contribution in [1.82, 2.24) is 0 Å². The molecule has 0 radical (unpaired) electrons. The van der Waals surface area contributed by atoms with E-state index < -0.39 is 0 Å². The Morgan fingerprint density at radius 1 is 0.895 bits per heavy atom. The zero-order valence-electron chi connectivity index (χ0n) is 11.5. The molecule has 0 spiro atoms. The van der Waals surface area contributed by atoms with Crippen molar-refractivity contribution in [1.29, 1.82) is 0 Å². The van der Waals surface area contributed by atoms with Gasteiger partial charge in [-0.05, 0) is 36.1 Å². The van der Waals surface area contributed by atoms with Crippen molar-refractivity contribution in [3.8, 4) is 0 Å². The smallest absolute Gasteiger partial charge is 0.0459 e. The lowest BCUT2D eigenvalue weighted by molar-refractivity contribution is 0.564. The Morgan fingerprint density at radius 2 is 1.53 bits per heavy atom. The fourth-order valence-electron chi connectivity index (χ4n) is 2.45. The molecule has 2 heteroatoms. The predicted octanol–water partition coefficient (Wildman–Crippen LogP) is 6.09. The summed E-state index contributed by atoms with van der Waals surface area (Å²) in [6.45, 7) is 6.54. The van der Waals surface area contributed by atoms with Crippen LogP contribution in [-0.4, -0.2) is 0 Å². The highest BCUT2D eigenvalue weighted by Crippen LogP contribution is 2.37. The van der Waals surface area contributed by atoms with Crippen LogP contribution in [0.5, 0.6) is 0 Å². The second kappa shape index (κ2) is 5.98. The van der Waals surface area contributed by atoms with Crippen LogP contribution < -0.4 is 0 Å². The zero-order chi connectivity index (χ0) is 14.0. The maximum absolute atomic E-state index is 6.37. The third kappa shape index (κ3) is 3.32. The Balaban J connectivity index is 2.48. The van der Waals surface area contributed by atoms with E-state index in [4.69, 9.17) is 23.2 Å². The van der Waals surface area contributed by atoms with Gasteiger partial charge < -0.3 is 0 Å². The van der Waals surface area contributed by atoms with E-state index in [2.05, 4.69) is 45.0 Å². The summed E-state index contributed by atoms with van der Waals surface area (Å²) in [5.41, 5.74) is 3.71. The van der Waals surface area contributed by atoms with E-state index in [0.29, 0.717) is 16.9 Å². The molecule has 2 aromatic carbocycles. The third-order valence-electron chi connectivity index (χ3n) is 3.40. The van der Waals surface area contributed by atoms with Crippen molar-refractivity contribution < 1.29 is 0 Å². The Hall–Kier alpha value is -0.980. The van der Waals surface area contributed by atoms with Crippen LogP contribution in [0.25, 0.3) is 0 Å². The number of halogens is 2. The highest BCUT2D eigenvalue weighted by molar-refractivity contribution is 6.35. The average molecular weight is 293 g/mol. The molecule has 0 aliphatic rings. The van der Waals surface area contributed by atoms with Crippen LogP contribution in [0.15, 0.2) is 42.5 Å². The van der Waals surface area contributed by atoms with E-state index in [1.807, 2.05) is 18.2 Å². The first-order valence-electron chi connectivity index (χ1n) is 6.50. The van der Waals surface area contributed by atoms with Crippen LogP contribution in [0.4, 0.5) is 0 Å². The van der Waals surface area contributed by atoms with Gasteiger partial charge in [0.05, 0.1) is 0 Å². The summed E-state index contributed by atoms with van der Waals surface area (Å²) >= 11 is 12.3. The molecule has 2 aromatic rings. The lowest BCUT2D eigenvalue weighted by Crippen LogP contribution is -2.09. The van der Waals surface area contributed by atoms with Gasteiger partial charge in [-0.1, -0.05) is 72.9 Å². The molecule has 19 heavy (non-hydrogen) atoms. The quantitative estimate of drug-likeness (QED) is 0.642. The van der Waals surface area contributed by atoms with Crippen molar-refractivity contribution in [2.45, 2.75) is 26.7 Å². The second-order valence-corrected chi connectivity index (χ2v) is 6.14. The van der Waals surface area contributed by atoms with Crippen molar-refractivity contribution in [2.75, 3.05) is 0 Å². The largest absolute Gasteiger partial charge is 0.0843 e. The van der Waals surface area contributed by atoms with Gasteiger partial charge in [-0.2, -0.15) is 0 Å². The first kappa shape index (κ1) is 14.4. The van der Waals surface area contributed by atoms with Gasteiger partial charge in [0.15, 0.2) is 0 Å². The molecule has 2 rings (SSSR count). The Bertz CT molecular complexity index is 556. The van der Waals surface area contributed by atoms with E-state index >= 15 is 0 Å². The first-order valence-corrected chi connectivity index (χ1v) is 7.26. The van der Waals surface area contributed by atoms with Gasteiger partial charge in [0.1, 0.15) is 0 Å². The summed E-state index contributed by atoms with van der Waals surface area (Å²) in [7, 11) is 0. The van der Waals surface area contributed by atoms with Crippen molar-refractivity contribution in [3.05, 3.63) is 69.2 Å². The van der Waals surface area contributed by atoms with Crippen molar-refractivity contribution >= 4 is 23.2 Å². The molecule has 0 saturated heterocycles. The maximum Gasteiger partial charge on any atom is 0.0459 e. The summed E-state index contributed by atoms with van der Waals surface area (Å²) in [6.07, 6.45) is 0. The molecular formula is C17H18Cl2. The van der Waals surface area contributed by atoms with E-state index in [1.54, 1.807) is 0 Å². The monoisotopic (exact) mass is 292 g/mol. The zero-order valence-corrected chi connectivity index (χ0v) is 13.0. The molecule has 0 saturated carbocycles. The molecule has 0 aromatic heterocycles. The molecule has 0 nitrogen and oxygen atoms in total. The van der Waals surface area contributed by atoms with Crippen LogP contribution in [0.3, 0.4) is 0 Å². The molecule has 1 unspecified atom stereocenters. The average Bonchev–Trinajstić information content (AvgIpc) is 2.34. The highest BCUT2D eigenvalue weighted by atomic mass is 35.5. The Kier molecular flexibility index (Phi) is 4.54. The first-order chi connectivity index (χ1) is 8.99. The fraction of sp³-hybridized carbons (Fsp3) is 0.294. The van der Waals surface area contributed by atoms with Crippen molar-refractivity contribution in [2.24, 2.45) is 5.92 Å². The number of hydrogen-bond acceptors (Lipinski definition) is 0. The standard InChI is InChI=1S/C17H18Cl2/c1-11(2)17(13-6-4-12(3)5-7-13)15-9-8-14(18)10-16(15)19/h4-11,17H,1-3H3. The Morgan fingerprint density at radius 3 is 2.05 bits per heavy atom. The van der Waals surface area contributed by atoms with Crippen molar-refractivity contribution in [3.63, 3.8) is 0 Å². The van der Waals surface area contributed by atoms with Gasteiger partial charge in [-0.25, -0.2) is 0 Å². The predicted molar refractivity (Wildman–Crippen MR) is 84.3 cm³/mol. The molecule has 1 atom stereocenters. The minimum atomic E-state index is 0.297. The van der Waals surface area contributed by atoms with Crippen LogP contribution in [0.1, 0.15) is 36.5 Å². The molecule has 0 aliphatic carbocycles. The maximum atomic E-state index is 6.37. The molecule has 100 valence electrons. The number of rotatable bonds is 3. The van der Waals surface area contributed by atoms with Gasteiger partial charge in [0, 0.05) is 16.0 Å². The summed E-state index contributed by atoms with van der Waals surface area (Å²) in [5.74, 6) is 0.770. The fourth-order valence-corrected chi connectivity index (χ4v) is 2.98. The van der Waals surface area contributed by atoms with Gasteiger partial charge in [-0.3, -0.25) is 0 Å². The molecule has 0 bridgehead atoms. The van der Waals surface area contributed by atoms with Gasteiger partial charge in [0.25, 0.3) is 0 Å². The number of aryl methyl sites for hydroxylation is 1. The van der Waals surface area contributed by atoms with E-state index in [1.165, 1.54) is 11.1 Å². The molecule has 0 N–H and O–H groups in total. The summed E-state index contributed by atoms with van der Waals surface area (Å²) in [6, 6.07) is 14.4. The normalized spacial score (nSPS) is 12.7. The van der Waals surface area contributed by atoms with E-state index in [-0.39, 0.29) is 0 Å². The Labute approximate surface area is 125 Å². The topological polar surface area (TPSA) is 0 Å². The van der Waals surface area contributed by atoms with E-state index in [9.17, 15) is 0 Å². The van der Waals surface area contributed by atoms with Gasteiger partial charge in [-0.15, -0.1) is 0 Å². The summed E-state index contributed by atoms with van der Waals surface area (Å²) in [4.78, 5) is 0. The summed E-state index contributed by atoms with van der Waals surface area (Å²) in [5, 5.41) is 1.42. The van der Waals surface area contributed by atoms with Crippen LogP contribution in [0.2, 0.25) is 10.0 Å². The second-order valence-electron chi connectivity index (χ2n) is 5.30. The molecular weight excluding hydrogens is 275 g/mol. The SMILES string of the molecule is Cc1ccc(C(c2ccc(Cl)cc2Cl)C(C)C)cc1. The molecule has 0 amide bonds. The molecule has 0 heterocycles. The minimum absolute atomic E-state index is 0.297. The van der Waals surface area contributed by atoms with Crippen LogP contribution in [0, 0.1) is 12.8 Å². The van der Waals surface area contributed by atoms with Gasteiger partial charge in [0.2, 0.25) is 0 Å². The van der Waals surface area contributed by atoms with E-state index in [0.717, 1.165) is 10.6 Å². The lowest BCUT2D eigenvalue weighted by atomic mass is 9.82. The number of benzene rings is 2. The molecule has 0 aliphatic heterocycles. The third-order valence-corrected chi connectivity index (χ3v) is 3.96. The van der Waals surface area contributed by atoms with Gasteiger partial charge >= 0.3 is 0 Å². The highest BCUT2D eigenvalue weighted by Gasteiger charge is 2.20. The lowest BCUT2D eigenvalue weighted by Gasteiger charge is -2.23. The summed E-state index contributed by atoms with van der Waals surface area (Å²) < 4.78 is 0. The van der Waals surface area contributed by atoms with Crippen LogP contribution in [-0.2, 0) is 0 Å².